The highest BCUT2D eigenvalue weighted by atomic mass is 79.9. The molecular weight excluding hydrogens is 297 g/mol. The fourth-order valence-electron chi connectivity index (χ4n) is 1.60. The lowest BCUT2D eigenvalue weighted by Gasteiger charge is -2.24. The molecule has 0 fully saturated rings. The van der Waals surface area contributed by atoms with Gasteiger partial charge in [0.25, 0.3) is 0 Å². The quantitative estimate of drug-likeness (QED) is 0.874. The van der Waals surface area contributed by atoms with E-state index in [-0.39, 0.29) is 12.8 Å². The van der Waals surface area contributed by atoms with E-state index in [9.17, 15) is 18.3 Å². The van der Waals surface area contributed by atoms with Gasteiger partial charge in [-0.05, 0) is 37.5 Å². The molecular formula is C12H14BrF3O. The number of rotatable bonds is 4. The van der Waals surface area contributed by atoms with Crippen LogP contribution in [0, 0.1) is 0 Å². The minimum Gasteiger partial charge on any atom is -0.385 e. The van der Waals surface area contributed by atoms with Gasteiger partial charge in [-0.1, -0.05) is 28.1 Å². The van der Waals surface area contributed by atoms with Crippen LogP contribution in [0.1, 0.15) is 31.7 Å². The molecule has 0 heterocycles. The Bertz CT molecular complexity index is 374. The van der Waals surface area contributed by atoms with Crippen molar-refractivity contribution in [1.82, 2.24) is 0 Å². The summed E-state index contributed by atoms with van der Waals surface area (Å²) in [5, 5.41) is 10.1. The first-order chi connectivity index (χ1) is 7.71. The van der Waals surface area contributed by atoms with Gasteiger partial charge in [0.1, 0.15) is 0 Å². The maximum atomic E-state index is 12.0. The number of alkyl halides is 3. The van der Waals surface area contributed by atoms with Crippen molar-refractivity contribution >= 4 is 15.9 Å². The Hall–Kier alpha value is -0.550. The number of benzene rings is 1. The Balaban J connectivity index is 2.62. The van der Waals surface area contributed by atoms with Gasteiger partial charge in [0, 0.05) is 10.9 Å². The van der Waals surface area contributed by atoms with Crippen LogP contribution in [0.25, 0.3) is 0 Å². The van der Waals surface area contributed by atoms with Gasteiger partial charge in [0.05, 0.1) is 5.60 Å². The average Bonchev–Trinajstić information content (AvgIpc) is 2.15. The summed E-state index contributed by atoms with van der Waals surface area (Å²) in [6, 6.07) is 6.97. The van der Waals surface area contributed by atoms with E-state index in [0.29, 0.717) is 5.56 Å². The average molecular weight is 311 g/mol. The lowest BCUT2D eigenvalue weighted by molar-refractivity contribution is -0.137. The molecule has 0 spiro atoms. The van der Waals surface area contributed by atoms with Gasteiger partial charge in [-0.3, -0.25) is 0 Å². The smallest absolute Gasteiger partial charge is 0.385 e. The van der Waals surface area contributed by atoms with Crippen LogP contribution in [0.15, 0.2) is 28.7 Å². The molecule has 0 aliphatic rings. The number of hydrogen-bond donors (Lipinski definition) is 1. The summed E-state index contributed by atoms with van der Waals surface area (Å²) in [6.07, 6.45) is -5.02. The third-order valence-corrected chi connectivity index (χ3v) is 3.06. The minimum absolute atomic E-state index is 0.0803. The van der Waals surface area contributed by atoms with Gasteiger partial charge in [0.2, 0.25) is 0 Å². The van der Waals surface area contributed by atoms with E-state index < -0.39 is 18.2 Å². The van der Waals surface area contributed by atoms with Crippen molar-refractivity contribution in [2.45, 2.75) is 38.0 Å². The molecule has 0 aliphatic heterocycles. The topological polar surface area (TPSA) is 20.2 Å². The maximum absolute atomic E-state index is 12.0. The molecule has 0 radical (unpaired) electrons. The summed E-state index contributed by atoms with van der Waals surface area (Å²) in [5.41, 5.74) is -0.608. The number of hydrogen-bond acceptors (Lipinski definition) is 1. The summed E-state index contributed by atoms with van der Waals surface area (Å²) in [5.74, 6) is 0. The van der Waals surface area contributed by atoms with Gasteiger partial charge >= 0.3 is 6.18 Å². The van der Waals surface area contributed by atoms with Crippen LogP contribution in [-0.4, -0.2) is 11.3 Å². The summed E-state index contributed by atoms with van der Waals surface area (Å²) >= 11 is 3.26. The second-order valence-corrected chi connectivity index (χ2v) is 5.17. The molecule has 1 unspecified atom stereocenters. The predicted molar refractivity (Wildman–Crippen MR) is 63.6 cm³/mol. The zero-order valence-corrected chi connectivity index (χ0v) is 11.0. The molecule has 1 rings (SSSR count). The largest absolute Gasteiger partial charge is 0.389 e. The van der Waals surface area contributed by atoms with E-state index in [1.165, 1.54) is 6.92 Å². The standard InChI is InChI=1S/C12H14BrF3O/c1-11(17,6-3-7-12(14,15)16)9-4-2-5-10(13)8-9/h2,4-5,8,17H,3,6-7H2,1H3. The molecule has 17 heavy (non-hydrogen) atoms. The Morgan fingerprint density at radius 2 is 1.88 bits per heavy atom. The first-order valence-corrected chi connectivity index (χ1v) is 6.05. The second kappa shape index (κ2) is 5.40. The molecule has 0 bridgehead atoms. The Kier molecular flexibility index (Phi) is 4.61. The van der Waals surface area contributed by atoms with E-state index in [1.54, 1.807) is 24.3 Å². The number of halogens is 4. The molecule has 0 amide bonds. The van der Waals surface area contributed by atoms with Crippen LogP contribution < -0.4 is 0 Å². The molecule has 0 aliphatic carbocycles. The van der Waals surface area contributed by atoms with E-state index in [1.807, 2.05) is 0 Å². The van der Waals surface area contributed by atoms with Crippen molar-refractivity contribution in [2.75, 3.05) is 0 Å². The molecule has 1 N–H and O–H groups in total. The van der Waals surface area contributed by atoms with Crippen molar-refractivity contribution < 1.29 is 18.3 Å². The van der Waals surface area contributed by atoms with Gasteiger partial charge in [-0.2, -0.15) is 13.2 Å². The highest BCUT2D eigenvalue weighted by Crippen LogP contribution is 2.31. The monoisotopic (exact) mass is 310 g/mol. The van der Waals surface area contributed by atoms with Gasteiger partial charge in [-0.25, -0.2) is 0 Å². The third kappa shape index (κ3) is 5.08. The molecule has 0 saturated heterocycles. The van der Waals surface area contributed by atoms with Crippen molar-refractivity contribution in [3.8, 4) is 0 Å². The Morgan fingerprint density at radius 1 is 1.24 bits per heavy atom. The van der Waals surface area contributed by atoms with Crippen molar-refractivity contribution in [3.63, 3.8) is 0 Å². The molecule has 1 aromatic carbocycles. The highest BCUT2D eigenvalue weighted by Gasteiger charge is 2.29. The summed E-state index contributed by atoms with van der Waals surface area (Å²) in [6.45, 7) is 1.53. The molecule has 5 heteroatoms. The normalized spacial score (nSPS) is 15.6. The fourth-order valence-corrected chi connectivity index (χ4v) is 2.00. The molecule has 96 valence electrons. The molecule has 1 nitrogen and oxygen atoms in total. The Morgan fingerprint density at radius 3 is 2.41 bits per heavy atom. The SMILES string of the molecule is CC(O)(CCCC(F)(F)F)c1cccc(Br)c1. The van der Waals surface area contributed by atoms with Crippen LogP contribution in [0.5, 0.6) is 0 Å². The lowest BCUT2D eigenvalue weighted by Crippen LogP contribution is -2.22. The van der Waals surface area contributed by atoms with Crippen LogP contribution in [-0.2, 0) is 5.60 Å². The molecule has 1 atom stereocenters. The molecule has 0 aromatic heterocycles. The first kappa shape index (κ1) is 14.5. The van der Waals surface area contributed by atoms with E-state index in [4.69, 9.17) is 0 Å². The predicted octanol–water partition coefficient (Wildman–Crippen LogP) is 4.39. The number of aliphatic hydroxyl groups is 1. The zero-order valence-electron chi connectivity index (χ0n) is 9.39. The van der Waals surface area contributed by atoms with E-state index in [0.717, 1.165) is 4.47 Å². The van der Waals surface area contributed by atoms with Crippen LogP contribution in [0.4, 0.5) is 13.2 Å². The Labute approximate surface area is 107 Å². The van der Waals surface area contributed by atoms with Crippen molar-refractivity contribution in [3.05, 3.63) is 34.3 Å². The van der Waals surface area contributed by atoms with Crippen LogP contribution in [0.2, 0.25) is 0 Å². The lowest BCUT2D eigenvalue weighted by atomic mass is 9.90. The maximum Gasteiger partial charge on any atom is 0.389 e. The van der Waals surface area contributed by atoms with Gasteiger partial charge in [-0.15, -0.1) is 0 Å². The van der Waals surface area contributed by atoms with E-state index >= 15 is 0 Å². The molecule has 0 saturated carbocycles. The second-order valence-electron chi connectivity index (χ2n) is 4.25. The fraction of sp³-hybridized carbons (Fsp3) is 0.500. The first-order valence-electron chi connectivity index (χ1n) is 5.26. The summed E-state index contributed by atoms with van der Waals surface area (Å²) < 4.78 is 36.8. The minimum atomic E-state index is -4.16. The van der Waals surface area contributed by atoms with Crippen LogP contribution >= 0.6 is 15.9 Å². The van der Waals surface area contributed by atoms with E-state index in [2.05, 4.69) is 15.9 Å². The molecule has 1 aromatic rings. The summed E-state index contributed by atoms with van der Waals surface area (Å²) in [4.78, 5) is 0. The van der Waals surface area contributed by atoms with Gasteiger partial charge < -0.3 is 5.11 Å². The van der Waals surface area contributed by atoms with Crippen molar-refractivity contribution in [2.24, 2.45) is 0 Å². The summed E-state index contributed by atoms with van der Waals surface area (Å²) in [7, 11) is 0. The van der Waals surface area contributed by atoms with Crippen LogP contribution in [0.3, 0.4) is 0 Å². The highest BCUT2D eigenvalue weighted by molar-refractivity contribution is 9.10. The van der Waals surface area contributed by atoms with Crippen molar-refractivity contribution in [1.29, 1.82) is 0 Å². The zero-order chi connectivity index (χ0) is 13.1. The third-order valence-electron chi connectivity index (χ3n) is 2.57. The van der Waals surface area contributed by atoms with Gasteiger partial charge in [0.15, 0.2) is 0 Å².